The Kier molecular flexibility index (Phi) is 7.37. The van der Waals surface area contributed by atoms with Gasteiger partial charge in [0.25, 0.3) is 5.91 Å². The fourth-order valence-electron chi connectivity index (χ4n) is 3.44. The van der Waals surface area contributed by atoms with Gasteiger partial charge in [-0.25, -0.2) is 10.2 Å². The molecule has 0 spiro atoms. The van der Waals surface area contributed by atoms with Crippen LogP contribution in [0, 0.1) is 6.92 Å². The van der Waals surface area contributed by atoms with E-state index in [4.69, 9.17) is 14.2 Å². The van der Waals surface area contributed by atoms with E-state index >= 15 is 0 Å². The second-order valence-electron chi connectivity index (χ2n) is 7.71. The summed E-state index contributed by atoms with van der Waals surface area (Å²) in [5.74, 6) is 0.625. The Morgan fingerprint density at radius 1 is 0.914 bits per heavy atom. The molecule has 1 amide bonds. The van der Waals surface area contributed by atoms with Gasteiger partial charge in [0.2, 0.25) is 0 Å². The summed E-state index contributed by atoms with van der Waals surface area (Å²) in [6.45, 7) is 1.76. The third kappa shape index (κ3) is 6.03. The van der Waals surface area contributed by atoms with Crippen LogP contribution in [0.4, 0.5) is 0 Å². The highest BCUT2D eigenvalue weighted by atomic mass is 16.5. The number of nitrogens with one attached hydrogen (secondary N) is 1. The average molecular weight is 469 g/mol. The maximum Gasteiger partial charge on any atom is 0.343 e. The van der Waals surface area contributed by atoms with Gasteiger partial charge in [0.1, 0.15) is 17.2 Å². The zero-order valence-corrected chi connectivity index (χ0v) is 19.4. The Morgan fingerprint density at radius 2 is 1.71 bits per heavy atom. The number of hydrogen-bond donors (Lipinski definition) is 1. The van der Waals surface area contributed by atoms with Crippen LogP contribution in [0.3, 0.4) is 0 Å². The number of rotatable bonds is 8. The van der Waals surface area contributed by atoms with Crippen LogP contribution in [0.1, 0.15) is 21.5 Å². The van der Waals surface area contributed by atoms with Crippen molar-refractivity contribution in [1.29, 1.82) is 0 Å². The molecule has 0 heterocycles. The van der Waals surface area contributed by atoms with Crippen molar-refractivity contribution in [2.45, 2.75) is 6.92 Å². The lowest BCUT2D eigenvalue weighted by Gasteiger charge is -2.11. The first-order valence-corrected chi connectivity index (χ1v) is 10.9. The van der Waals surface area contributed by atoms with Crippen LogP contribution in [0.25, 0.3) is 10.8 Å². The van der Waals surface area contributed by atoms with Gasteiger partial charge in [-0.2, -0.15) is 5.10 Å². The van der Waals surface area contributed by atoms with E-state index in [-0.39, 0.29) is 6.61 Å². The molecule has 0 aliphatic rings. The third-order valence-corrected chi connectivity index (χ3v) is 5.20. The lowest BCUT2D eigenvalue weighted by molar-refractivity contribution is -0.123. The van der Waals surface area contributed by atoms with Crippen molar-refractivity contribution in [2.75, 3.05) is 13.7 Å². The summed E-state index contributed by atoms with van der Waals surface area (Å²) in [5, 5.41) is 5.83. The van der Waals surface area contributed by atoms with Crippen molar-refractivity contribution in [2.24, 2.45) is 5.10 Å². The molecule has 35 heavy (non-hydrogen) atoms. The van der Waals surface area contributed by atoms with Gasteiger partial charge in [-0.3, -0.25) is 4.79 Å². The predicted octanol–water partition coefficient (Wildman–Crippen LogP) is 4.91. The summed E-state index contributed by atoms with van der Waals surface area (Å²) in [4.78, 5) is 24.9. The highest BCUT2D eigenvalue weighted by Crippen LogP contribution is 2.27. The SMILES string of the molecule is COc1ccc(C(=O)Oc2ccc3ccccc3c2/C=N\NC(=O)COc2cccc(C)c2)cc1. The largest absolute Gasteiger partial charge is 0.497 e. The highest BCUT2D eigenvalue weighted by molar-refractivity contribution is 6.04. The van der Waals surface area contributed by atoms with Gasteiger partial charge < -0.3 is 14.2 Å². The van der Waals surface area contributed by atoms with Gasteiger partial charge in [-0.1, -0.05) is 42.5 Å². The molecule has 4 aromatic carbocycles. The van der Waals surface area contributed by atoms with Crippen LogP contribution in [-0.4, -0.2) is 31.8 Å². The lowest BCUT2D eigenvalue weighted by atomic mass is 10.0. The summed E-state index contributed by atoms with van der Waals surface area (Å²) in [6.07, 6.45) is 1.46. The molecule has 176 valence electrons. The van der Waals surface area contributed by atoms with Crippen LogP contribution in [-0.2, 0) is 4.79 Å². The monoisotopic (exact) mass is 468 g/mol. The molecule has 7 heteroatoms. The first-order valence-electron chi connectivity index (χ1n) is 10.9. The number of ether oxygens (including phenoxy) is 3. The number of esters is 1. The van der Waals surface area contributed by atoms with E-state index in [0.717, 1.165) is 16.3 Å². The fourth-order valence-corrected chi connectivity index (χ4v) is 3.44. The molecule has 4 rings (SSSR count). The van der Waals surface area contributed by atoms with Crippen molar-refractivity contribution in [1.82, 2.24) is 5.43 Å². The maximum atomic E-state index is 12.7. The number of benzene rings is 4. The van der Waals surface area contributed by atoms with Gasteiger partial charge in [0, 0.05) is 5.56 Å². The van der Waals surface area contributed by atoms with Crippen LogP contribution in [0.15, 0.2) is 90.0 Å². The molecule has 0 bridgehead atoms. The number of hydrazone groups is 1. The van der Waals surface area contributed by atoms with Gasteiger partial charge in [0.15, 0.2) is 6.61 Å². The number of amides is 1. The van der Waals surface area contributed by atoms with Crippen molar-refractivity contribution in [3.8, 4) is 17.2 Å². The van der Waals surface area contributed by atoms with E-state index in [1.54, 1.807) is 43.5 Å². The topological polar surface area (TPSA) is 86.2 Å². The van der Waals surface area contributed by atoms with Gasteiger partial charge >= 0.3 is 5.97 Å². The number of aryl methyl sites for hydroxylation is 1. The summed E-state index contributed by atoms with van der Waals surface area (Å²) in [7, 11) is 1.56. The Balaban J connectivity index is 1.50. The molecule has 0 fully saturated rings. The molecule has 0 saturated carbocycles. The second-order valence-corrected chi connectivity index (χ2v) is 7.71. The molecule has 0 aliphatic carbocycles. The normalized spacial score (nSPS) is 10.8. The van der Waals surface area contributed by atoms with E-state index in [0.29, 0.717) is 28.4 Å². The minimum Gasteiger partial charge on any atom is -0.497 e. The smallest absolute Gasteiger partial charge is 0.343 e. The summed E-state index contributed by atoms with van der Waals surface area (Å²) < 4.78 is 16.3. The summed E-state index contributed by atoms with van der Waals surface area (Å²) in [6, 6.07) is 25.2. The Labute approximate surface area is 202 Å². The quantitative estimate of drug-likeness (QED) is 0.172. The lowest BCUT2D eigenvalue weighted by Crippen LogP contribution is -2.24. The van der Waals surface area contributed by atoms with E-state index < -0.39 is 11.9 Å². The van der Waals surface area contributed by atoms with Gasteiger partial charge in [-0.15, -0.1) is 0 Å². The molecule has 0 unspecified atom stereocenters. The van der Waals surface area contributed by atoms with E-state index in [1.807, 2.05) is 55.5 Å². The molecule has 0 aromatic heterocycles. The maximum absolute atomic E-state index is 12.7. The standard InChI is InChI=1S/C28H24N2O5/c1-19-6-5-8-23(16-19)34-18-27(31)30-29-17-25-24-9-4-3-7-20(24)12-15-26(25)35-28(32)21-10-13-22(33-2)14-11-21/h3-17H,18H2,1-2H3,(H,30,31)/b29-17-. The van der Waals surface area contributed by atoms with Crippen molar-refractivity contribution in [3.63, 3.8) is 0 Å². The molecular weight excluding hydrogens is 444 g/mol. The Morgan fingerprint density at radius 3 is 2.49 bits per heavy atom. The van der Waals surface area contributed by atoms with Crippen molar-refractivity contribution >= 4 is 28.9 Å². The second kappa shape index (κ2) is 11.0. The highest BCUT2D eigenvalue weighted by Gasteiger charge is 2.14. The molecule has 0 aliphatic heterocycles. The minimum absolute atomic E-state index is 0.185. The van der Waals surface area contributed by atoms with E-state index in [2.05, 4.69) is 10.5 Å². The molecule has 0 radical (unpaired) electrons. The summed E-state index contributed by atoms with van der Waals surface area (Å²) >= 11 is 0. The molecule has 1 N–H and O–H groups in total. The molecule has 4 aromatic rings. The number of fused-ring (bicyclic) bond motifs is 1. The molecule has 0 saturated heterocycles. The van der Waals surface area contributed by atoms with Gasteiger partial charge in [0.05, 0.1) is 18.9 Å². The first-order chi connectivity index (χ1) is 17.0. The fraction of sp³-hybridized carbons (Fsp3) is 0.107. The van der Waals surface area contributed by atoms with Crippen LogP contribution in [0.2, 0.25) is 0 Å². The number of methoxy groups -OCH3 is 1. The predicted molar refractivity (Wildman–Crippen MR) is 134 cm³/mol. The molecule has 0 atom stereocenters. The minimum atomic E-state index is -0.520. The third-order valence-electron chi connectivity index (χ3n) is 5.20. The zero-order valence-electron chi connectivity index (χ0n) is 19.4. The number of carbonyl (C=O) groups excluding carboxylic acids is 2. The molecule has 7 nitrogen and oxygen atoms in total. The zero-order chi connectivity index (χ0) is 24.6. The van der Waals surface area contributed by atoms with Crippen molar-refractivity contribution < 1.29 is 23.8 Å². The van der Waals surface area contributed by atoms with Crippen molar-refractivity contribution in [3.05, 3.63) is 102 Å². The average Bonchev–Trinajstić information content (AvgIpc) is 2.88. The van der Waals surface area contributed by atoms with E-state index in [1.165, 1.54) is 6.21 Å². The number of carbonyl (C=O) groups is 2. The van der Waals surface area contributed by atoms with Gasteiger partial charge in [-0.05, 0) is 65.7 Å². The first kappa shape index (κ1) is 23.5. The number of nitrogens with zero attached hydrogens (tertiary/aromatic N) is 1. The Hall–Kier alpha value is -4.65. The summed E-state index contributed by atoms with van der Waals surface area (Å²) in [5.41, 5.74) is 4.43. The molecular formula is C28H24N2O5. The van der Waals surface area contributed by atoms with Crippen LogP contribution >= 0.6 is 0 Å². The van der Waals surface area contributed by atoms with Crippen LogP contribution < -0.4 is 19.6 Å². The Bertz CT molecular complexity index is 1380. The van der Waals surface area contributed by atoms with E-state index in [9.17, 15) is 9.59 Å². The van der Waals surface area contributed by atoms with Crippen LogP contribution in [0.5, 0.6) is 17.2 Å². The number of hydrogen-bond acceptors (Lipinski definition) is 6.